The van der Waals surface area contributed by atoms with Gasteiger partial charge in [-0.3, -0.25) is 4.79 Å². The van der Waals surface area contributed by atoms with Crippen LogP contribution in [0.2, 0.25) is 0 Å². The molecule has 5 heteroatoms. The minimum absolute atomic E-state index is 0.263. The Balaban J connectivity index is 3.30. The lowest BCUT2D eigenvalue weighted by atomic mass is 10.0. The van der Waals surface area contributed by atoms with E-state index in [-0.39, 0.29) is 17.5 Å². The average Bonchev–Trinajstić information content (AvgIpc) is 2.28. The standard InChI is InChI=1S/C14H18FNO3/c1-8(2)16(10(4)17)13(14(18)19)11-6-5-9(3)12(15)7-11/h5-8,13H,1-4H3,(H,18,19). The molecule has 1 aromatic rings. The van der Waals surface area contributed by atoms with E-state index >= 15 is 0 Å². The number of amides is 1. The smallest absolute Gasteiger partial charge is 0.331 e. The van der Waals surface area contributed by atoms with E-state index in [1.54, 1.807) is 20.8 Å². The molecular formula is C14H18FNO3. The first kappa shape index (κ1) is 15.1. The van der Waals surface area contributed by atoms with Gasteiger partial charge in [0, 0.05) is 13.0 Å². The van der Waals surface area contributed by atoms with Crippen molar-refractivity contribution in [1.29, 1.82) is 0 Å². The van der Waals surface area contributed by atoms with Gasteiger partial charge in [0.25, 0.3) is 0 Å². The Morgan fingerprint density at radius 2 is 1.89 bits per heavy atom. The number of aliphatic carboxylic acids is 1. The fourth-order valence-corrected chi connectivity index (χ4v) is 2.04. The number of carbonyl (C=O) groups excluding carboxylic acids is 1. The van der Waals surface area contributed by atoms with Crippen molar-refractivity contribution >= 4 is 11.9 Å². The van der Waals surface area contributed by atoms with Crippen LogP contribution in [-0.4, -0.2) is 27.9 Å². The molecule has 0 aliphatic rings. The number of carboxylic acid groups (broad SMARTS) is 1. The minimum Gasteiger partial charge on any atom is -0.479 e. The summed E-state index contributed by atoms with van der Waals surface area (Å²) in [5, 5.41) is 9.34. The van der Waals surface area contributed by atoms with Gasteiger partial charge in [0.05, 0.1) is 0 Å². The van der Waals surface area contributed by atoms with Crippen LogP contribution in [0.15, 0.2) is 18.2 Å². The van der Waals surface area contributed by atoms with Crippen molar-refractivity contribution in [3.8, 4) is 0 Å². The zero-order valence-electron chi connectivity index (χ0n) is 11.5. The predicted octanol–water partition coefficient (Wildman–Crippen LogP) is 2.52. The van der Waals surface area contributed by atoms with E-state index < -0.39 is 17.8 Å². The van der Waals surface area contributed by atoms with Crippen molar-refractivity contribution in [2.24, 2.45) is 0 Å². The number of nitrogens with zero attached hydrogens (tertiary/aromatic N) is 1. The van der Waals surface area contributed by atoms with Crippen LogP contribution in [0.3, 0.4) is 0 Å². The lowest BCUT2D eigenvalue weighted by Gasteiger charge is -2.31. The second-order valence-electron chi connectivity index (χ2n) is 4.77. The number of benzene rings is 1. The zero-order chi connectivity index (χ0) is 14.7. The molecule has 0 aromatic heterocycles. The second kappa shape index (κ2) is 5.82. The van der Waals surface area contributed by atoms with Crippen molar-refractivity contribution in [3.63, 3.8) is 0 Å². The molecule has 0 saturated heterocycles. The zero-order valence-corrected chi connectivity index (χ0v) is 11.5. The highest BCUT2D eigenvalue weighted by atomic mass is 19.1. The summed E-state index contributed by atoms with van der Waals surface area (Å²) in [4.78, 5) is 24.3. The van der Waals surface area contributed by atoms with Gasteiger partial charge in [-0.2, -0.15) is 0 Å². The van der Waals surface area contributed by atoms with Gasteiger partial charge in [-0.1, -0.05) is 12.1 Å². The number of aryl methyl sites for hydroxylation is 1. The summed E-state index contributed by atoms with van der Waals surface area (Å²) >= 11 is 0. The number of halogens is 1. The summed E-state index contributed by atoms with van der Waals surface area (Å²) in [7, 11) is 0. The topological polar surface area (TPSA) is 57.6 Å². The molecule has 1 atom stereocenters. The Kier molecular flexibility index (Phi) is 4.64. The van der Waals surface area contributed by atoms with Gasteiger partial charge in [-0.15, -0.1) is 0 Å². The SMILES string of the molecule is CC(=O)N(C(C)C)C(C(=O)O)c1ccc(C)c(F)c1. The fraction of sp³-hybridized carbons (Fsp3) is 0.429. The molecule has 1 amide bonds. The first-order chi connectivity index (χ1) is 8.75. The quantitative estimate of drug-likeness (QED) is 0.912. The number of hydrogen-bond donors (Lipinski definition) is 1. The van der Waals surface area contributed by atoms with E-state index in [1.165, 1.54) is 30.0 Å². The van der Waals surface area contributed by atoms with Crippen LogP contribution >= 0.6 is 0 Å². The summed E-state index contributed by atoms with van der Waals surface area (Å²) in [5.41, 5.74) is 0.700. The Labute approximate surface area is 111 Å². The Hall–Kier alpha value is -1.91. The third-order valence-corrected chi connectivity index (χ3v) is 2.94. The van der Waals surface area contributed by atoms with E-state index in [2.05, 4.69) is 0 Å². The second-order valence-corrected chi connectivity index (χ2v) is 4.77. The summed E-state index contributed by atoms with van der Waals surface area (Å²) in [6.45, 7) is 6.35. The van der Waals surface area contributed by atoms with Gasteiger partial charge in [0.2, 0.25) is 5.91 Å². The molecule has 0 spiro atoms. The predicted molar refractivity (Wildman–Crippen MR) is 69.2 cm³/mol. The van der Waals surface area contributed by atoms with Gasteiger partial charge in [-0.05, 0) is 38.0 Å². The molecule has 0 aliphatic heterocycles. The van der Waals surface area contributed by atoms with Gasteiger partial charge in [0.1, 0.15) is 5.82 Å². The van der Waals surface area contributed by atoms with E-state index in [4.69, 9.17) is 0 Å². The van der Waals surface area contributed by atoms with Crippen molar-refractivity contribution in [1.82, 2.24) is 4.90 Å². The van der Waals surface area contributed by atoms with Crippen LogP contribution < -0.4 is 0 Å². The Bertz CT molecular complexity index is 499. The van der Waals surface area contributed by atoms with Gasteiger partial charge >= 0.3 is 5.97 Å². The van der Waals surface area contributed by atoms with E-state index in [9.17, 15) is 19.1 Å². The summed E-state index contributed by atoms with van der Waals surface area (Å²) in [6.07, 6.45) is 0. The third-order valence-electron chi connectivity index (χ3n) is 2.94. The van der Waals surface area contributed by atoms with Crippen molar-refractivity contribution in [3.05, 3.63) is 35.1 Å². The van der Waals surface area contributed by atoms with Crippen molar-refractivity contribution in [2.75, 3.05) is 0 Å². The van der Waals surface area contributed by atoms with Crippen LogP contribution in [0.1, 0.15) is 37.9 Å². The molecule has 1 N–H and O–H groups in total. The Morgan fingerprint density at radius 3 is 2.26 bits per heavy atom. The maximum absolute atomic E-state index is 13.6. The van der Waals surface area contributed by atoms with Gasteiger partial charge in [-0.25, -0.2) is 9.18 Å². The highest BCUT2D eigenvalue weighted by Crippen LogP contribution is 2.25. The molecule has 0 fully saturated rings. The van der Waals surface area contributed by atoms with Gasteiger partial charge in [0.15, 0.2) is 6.04 Å². The lowest BCUT2D eigenvalue weighted by molar-refractivity contribution is -0.151. The molecule has 0 aliphatic carbocycles. The fourth-order valence-electron chi connectivity index (χ4n) is 2.04. The third kappa shape index (κ3) is 3.30. The number of carbonyl (C=O) groups is 2. The van der Waals surface area contributed by atoms with E-state index in [1.807, 2.05) is 0 Å². The molecule has 0 bridgehead atoms. The van der Waals surface area contributed by atoms with Gasteiger partial charge < -0.3 is 10.0 Å². The molecular weight excluding hydrogens is 249 g/mol. The summed E-state index contributed by atoms with van der Waals surface area (Å²) < 4.78 is 13.6. The normalized spacial score (nSPS) is 12.3. The largest absolute Gasteiger partial charge is 0.479 e. The molecule has 0 saturated carbocycles. The first-order valence-corrected chi connectivity index (χ1v) is 6.03. The van der Waals surface area contributed by atoms with Crippen molar-refractivity contribution < 1.29 is 19.1 Å². The highest BCUT2D eigenvalue weighted by molar-refractivity contribution is 5.83. The van der Waals surface area contributed by atoms with Crippen LogP contribution in [-0.2, 0) is 9.59 Å². The first-order valence-electron chi connectivity index (χ1n) is 6.03. The number of rotatable bonds is 4. The molecule has 19 heavy (non-hydrogen) atoms. The Morgan fingerprint density at radius 1 is 1.32 bits per heavy atom. The molecule has 1 rings (SSSR count). The lowest BCUT2D eigenvalue weighted by Crippen LogP contribution is -2.42. The maximum Gasteiger partial charge on any atom is 0.331 e. The average molecular weight is 267 g/mol. The minimum atomic E-state index is -1.17. The maximum atomic E-state index is 13.6. The summed E-state index contributed by atoms with van der Waals surface area (Å²) in [6, 6.07) is 2.76. The van der Waals surface area contributed by atoms with Crippen LogP contribution in [0, 0.1) is 12.7 Å². The monoisotopic (exact) mass is 267 g/mol. The van der Waals surface area contributed by atoms with Crippen LogP contribution in [0.5, 0.6) is 0 Å². The van der Waals surface area contributed by atoms with E-state index in [0.29, 0.717) is 5.56 Å². The summed E-state index contributed by atoms with van der Waals surface area (Å²) in [5.74, 6) is -2.01. The molecule has 1 unspecified atom stereocenters. The molecule has 104 valence electrons. The van der Waals surface area contributed by atoms with E-state index in [0.717, 1.165) is 0 Å². The molecule has 0 radical (unpaired) electrons. The molecule has 4 nitrogen and oxygen atoms in total. The van der Waals surface area contributed by atoms with Crippen LogP contribution in [0.25, 0.3) is 0 Å². The molecule has 1 aromatic carbocycles. The number of carboxylic acids is 1. The number of hydrogen-bond acceptors (Lipinski definition) is 2. The van der Waals surface area contributed by atoms with Crippen LogP contribution in [0.4, 0.5) is 4.39 Å². The molecule has 0 heterocycles. The highest BCUT2D eigenvalue weighted by Gasteiger charge is 2.31. The van der Waals surface area contributed by atoms with Crippen molar-refractivity contribution in [2.45, 2.75) is 39.8 Å².